The van der Waals surface area contributed by atoms with Crippen LogP contribution < -0.4 is 5.32 Å². The Labute approximate surface area is 120 Å². The minimum Gasteiger partial charge on any atom is -0.382 e. The lowest BCUT2D eigenvalue weighted by atomic mass is 10.1. The molecule has 2 rings (SSSR count). The van der Waals surface area contributed by atoms with E-state index in [4.69, 9.17) is 0 Å². The molecule has 0 aliphatic heterocycles. The first-order chi connectivity index (χ1) is 9.95. The van der Waals surface area contributed by atoms with Gasteiger partial charge in [-0.2, -0.15) is 4.39 Å². The van der Waals surface area contributed by atoms with Gasteiger partial charge < -0.3 is 5.32 Å². The van der Waals surface area contributed by atoms with Gasteiger partial charge in [-0.25, -0.2) is 4.39 Å². The topological polar surface area (TPSA) is 55.2 Å². The zero-order valence-electron chi connectivity index (χ0n) is 11.3. The van der Waals surface area contributed by atoms with Crippen LogP contribution in [0.2, 0.25) is 0 Å². The molecule has 1 atom stereocenters. The molecule has 1 unspecified atom stereocenters. The number of rotatable bonds is 5. The highest BCUT2D eigenvalue weighted by molar-refractivity contribution is 5.50. The van der Waals surface area contributed by atoms with Gasteiger partial charge in [-0.1, -0.05) is 12.1 Å². The van der Waals surface area contributed by atoms with Crippen molar-refractivity contribution in [2.45, 2.75) is 19.4 Å². The maximum atomic E-state index is 13.5. The third kappa shape index (κ3) is 3.98. The second-order valence-electron chi connectivity index (χ2n) is 4.80. The van der Waals surface area contributed by atoms with E-state index in [-0.39, 0.29) is 11.9 Å². The van der Waals surface area contributed by atoms with Crippen LogP contribution in [0.5, 0.6) is 0 Å². The zero-order chi connectivity index (χ0) is 15.4. The first-order valence-electron chi connectivity index (χ1n) is 6.40. The van der Waals surface area contributed by atoms with Crippen LogP contribution in [-0.2, 0) is 6.42 Å². The first kappa shape index (κ1) is 14.9. The summed E-state index contributed by atoms with van der Waals surface area (Å²) in [5, 5.41) is 13.6. The van der Waals surface area contributed by atoms with Crippen LogP contribution in [-0.4, -0.2) is 11.0 Å². The molecule has 110 valence electrons. The van der Waals surface area contributed by atoms with Crippen molar-refractivity contribution in [3.8, 4) is 0 Å². The summed E-state index contributed by atoms with van der Waals surface area (Å²) in [6.45, 7) is 1.89. The quantitative estimate of drug-likeness (QED) is 0.671. The number of nitro benzene ring substituents is 1. The van der Waals surface area contributed by atoms with Crippen LogP contribution in [0.4, 0.5) is 20.2 Å². The van der Waals surface area contributed by atoms with Gasteiger partial charge in [0.25, 0.3) is 0 Å². The van der Waals surface area contributed by atoms with Gasteiger partial charge in [0.2, 0.25) is 5.82 Å². The van der Waals surface area contributed by atoms with E-state index in [1.807, 2.05) is 6.92 Å². The number of nitro groups is 1. The number of nitrogens with zero attached hydrogens (tertiary/aromatic N) is 1. The van der Waals surface area contributed by atoms with Crippen molar-refractivity contribution in [1.29, 1.82) is 0 Å². The van der Waals surface area contributed by atoms with Crippen LogP contribution >= 0.6 is 0 Å². The first-order valence-corrected chi connectivity index (χ1v) is 6.40. The maximum Gasteiger partial charge on any atom is 0.304 e. The Morgan fingerprint density at radius 3 is 2.43 bits per heavy atom. The van der Waals surface area contributed by atoms with Crippen LogP contribution in [0.25, 0.3) is 0 Å². The van der Waals surface area contributed by atoms with E-state index >= 15 is 0 Å². The number of hydrogen-bond donors (Lipinski definition) is 1. The Bertz CT molecular complexity index is 645. The van der Waals surface area contributed by atoms with E-state index in [2.05, 4.69) is 5.32 Å². The van der Waals surface area contributed by atoms with Crippen molar-refractivity contribution >= 4 is 11.4 Å². The minimum absolute atomic E-state index is 0.0312. The molecular formula is C15H14F2N2O2. The van der Waals surface area contributed by atoms with E-state index in [1.54, 1.807) is 12.1 Å². The van der Waals surface area contributed by atoms with Gasteiger partial charge in [-0.3, -0.25) is 10.1 Å². The molecule has 0 spiro atoms. The fraction of sp³-hybridized carbons (Fsp3) is 0.200. The molecule has 2 aromatic carbocycles. The molecule has 1 N–H and O–H groups in total. The fourth-order valence-corrected chi connectivity index (χ4v) is 2.05. The van der Waals surface area contributed by atoms with Crippen LogP contribution in [0, 0.1) is 21.7 Å². The molecule has 0 heterocycles. The number of anilines is 1. The van der Waals surface area contributed by atoms with E-state index in [0.717, 1.165) is 17.7 Å². The normalized spacial score (nSPS) is 12.0. The maximum absolute atomic E-state index is 13.5. The highest BCUT2D eigenvalue weighted by Crippen LogP contribution is 2.21. The standard InChI is InChI=1S/C15H14F2N2O2/c1-10(8-11-2-4-12(16)5-3-11)18-13-6-7-15(19(20)21)14(17)9-13/h2-7,9-10,18H,8H2,1H3. The van der Waals surface area contributed by atoms with Crippen molar-refractivity contribution in [3.05, 3.63) is 69.8 Å². The zero-order valence-corrected chi connectivity index (χ0v) is 11.3. The average Bonchev–Trinajstić information content (AvgIpc) is 2.41. The summed E-state index contributed by atoms with van der Waals surface area (Å²) in [6.07, 6.45) is 0.624. The Hall–Kier alpha value is -2.50. The molecule has 0 aliphatic rings. The van der Waals surface area contributed by atoms with Gasteiger partial charge >= 0.3 is 5.69 Å². The SMILES string of the molecule is CC(Cc1ccc(F)cc1)Nc1ccc([N+](=O)[O-])c(F)c1. The number of halogens is 2. The molecule has 0 aliphatic carbocycles. The summed E-state index contributed by atoms with van der Waals surface area (Å²) in [6, 6.07) is 9.79. The lowest BCUT2D eigenvalue weighted by molar-refractivity contribution is -0.387. The molecule has 0 fully saturated rings. The second-order valence-corrected chi connectivity index (χ2v) is 4.80. The largest absolute Gasteiger partial charge is 0.382 e. The van der Waals surface area contributed by atoms with Gasteiger partial charge in [0.15, 0.2) is 0 Å². The third-order valence-electron chi connectivity index (χ3n) is 3.01. The van der Waals surface area contributed by atoms with Gasteiger partial charge in [0.05, 0.1) is 4.92 Å². The van der Waals surface area contributed by atoms with E-state index in [1.165, 1.54) is 18.2 Å². The van der Waals surface area contributed by atoms with Crippen LogP contribution in [0.15, 0.2) is 42.5 Å². The molecule has 0 amide bonds. The monoisotopic (exact) mass is 292 g/mol. The lowest BCUT2D eigenvalue weighted by Crippen LogP contribution is -2.18. The van der Waals surface area contributed by atoms with E-state index in [9.17, 15) is 18.9 Å². The summed E-state index contributed by atoms with van der Waals surface area (Å²) >= 11 is 0. The highest BCUT2D eigenvalue weighted by Gasteiger charge is 2.14. The van der Waals surface area contributed by atoms with Crippen LogP contribution in [0.1, 0.15) is 12.5 Å². The van der Waals surface area contributed by atoms with Gasteiger partial charge in [0.1, 0.15) is 5.82 Å². The van der Waals surface area contributed by atoms with Crippen molar-refractivity contribution < 1.29 is 13.7 Å². The third-order valence-corrected chi connectivity index (χ3v) is 3.01. The summed E-state index contributed by atoms with van der Waals surface area (Å²) in [4.78, 5) is 9.78. The van der Waals surface area contributed by atoms with Gasteiger partial charge in [-0.15, -0.1) is 0 Å². The molecule has 2 aromatic rings. The van der Waals surface area contributed by atoms with Crippen molar-refractivity contribution in [1.82, 2.24) is 0 Å². The lowest BCUT2D eigenvalue weighted by Gasteiger charge is -2.15. The molecular weight excluding hydrogens is 278 g/mol. The molecule has 0 radical (unpaired) electrons. The Morgan fingerprint density at radius 1 is 1.19 bits per heavy atom. The van der Waals surface area contributed by atoms with E-state index < -0.39 is 16.4 Å². The summed E-state index contributed by atoms with van der Waals surface area (Å²) in [5.41, 5.74) is 0.859. The molecule has 21 heavy (non-hydrogen) atoms. The van der Waals surface area contributed by atoms with Crippen LogP contribution in [0.3, 0.4) is 0 Å². The van der Waals surface area contributed by atoms with Crippen molar-refractivity contribution in [2.24, 2.45) is 0 Å². The van der Waals surface area contributed by atoms with E-state index in [0.29, 0.717) is 12.1 Å². The molecule has 0 saturated heterocycles. The predicted molar refractivity (Wildman–Crippen MR) is 76.2 cm³/mol. The fourth-order valence-electron chi connectivity index (χ4n) is 2.05. The predicted octanol–water partition coefficient (Wildman–Crippen LogP) is 3.92. The van der Waals surface area contributed by atoms with Gasteiger partial charge in [0, 0.05) is 23.9 Å². The number of hydrogen-bond acceptors (Lipinski definition) is 3. The summed E-state index contributed by atoms with van der Waals surface area (Å²) < 4.78 is 26.3. The summed E-state index contributed by atoms with van der Waals surface area (Å²) in [5.74, 6) is -1.17. The molecule has 6 heteroatoms. The Kier molecular flexibility index (Phi) is 4.47. The van der Waals surface area contributed by atoms with Crippen molar-refractivity contribution in [3.63, 3.8) is 0 Å². The molecule has 0 aromatic heterocycles. The molecule has 0 bridgehead atoms. The molecule has 4 nitrogen and oxygen atoms in total. The minimum atomic E-state index is -0.876. The Morgan fingerprint density at radius 2 is 1.86 bits per heavy atom. The molecule has 0 saturated carbocycles. The second kappa shape index (κ2) is 6.30. The Balaban J connectivity index is 2.02. The van der Waals surface area contributed by atoms with Crippen molar-refractivity contribution in [2.75, 3.05) is 5.32 Å². The smallest absolute Gasteiger partial charge is 0.304 e. The summed E-state index contributed by atoms with van der Waals surface area (Å²) in [7, 11) is 0. The highest BCUT2D eigenvalue weighted by atomic mass is 19.1. The average molecular weight is 292 g/mol. The van der Waals surface area contributed by atoms with Gasteiger partial charge in [-0.05, 0) is 37.1 Å². The number of benzene rings is 2. The number of nitrogens with one attached hydrogen (secondary N) is 1.